The van der Waals surface area contributed by atoms with E-state index in [0.29, 0.717) is 18.1 Å². The summed E-state index contributed by atoms with van der Waals surface area (Å²) in [6.45, 7) is 3.07. The molecule has 1 saturated heterocycles. The van der Waals surface area contributed by atoms with Gasteiger partial charge in [0.25, 0.3) is 0 Å². The van der Waals surface area contributed by atoms with E-state index >= 15 is 0 Å². The lowest BCUT2D eigenvalue weighted by Crippen LogP contribution is -2.30. The Morgan fingerprint density at radius 1 is 1.24 bits per heavy atom. The summed E-state index contributed by atoms with van der Waals surface area (Å²) in [5.41, 5.74) is 1.33. The lowest BCUT2D eigenvalue weighted by molar-refractivity contribution is 0.0784. The maximum Gasteiger partial charge on any atom is 0.0619 e. The minimum atomic E-state index is 0.305. The van der Waals surface area contributed by atoms with E-state index in [1.807, 2.05) is 19.2 Å². The van der Waals surface area contributed by atoms with Crippen LogP contribution in [0, 0.1) is 5.92 Å². The second-order valence-corrected chi connectivity index (χ2v) is 6.13. The summed E-state index contributed by atoms with van der Waals surface area (Å²) in [6, 6.07) is 12.9. The Kier molecular flexibility index (Phi) is 4.48. The Hall–Kier alpha value is -1.09. The standard InChI is InChI=1S/C18H22ClNO/c1-3-17-15(10-11-21-17)18(20-2)14-8-9-16(19)13-7-5-4-6-12(13)14/h4-9,15,17-18,20H,3,10-11H2,1-2H3. The minimum Gasteiger partial charge on any atom is -0.378 e. The smallest absolute Gasteiger partial charge is 0.0619 e. The fraction of sp³-hybridized carbons (Fsp3) is 0.444. The van der Waals surface area contributed by atoms with Crippen LogP contribution < -0.4 is 5.32 Å². The van der Waals surface area contributed by atoms with Crippen molar-refractivity contribution in [3.63, 3.8) is 0 Å². The molecular weight excluding hydrogens is 282 g/mol. The van der Waals surface area contributed by atoms with Crippen molar-refractivity contribution in [1.82, 2.24) is 5.32 Å². The van der Waals surface area contributed by atoms with E-state index in [1.54, 1.807) is 0 Å². The van der Waals surface area contributed by atoms with Crippen LogP contribution in [0.15, 0.2) is 36.4 Å². The highest BCUT2D eigenvalue weighted by Gasteiger charge is 2.34. The van der Waals surface area contributed by atoms with Gasteiger partial charge >= 0.3 is 0 Å². The van der Waals surface area contributed by atoms with Crippen molar-refractivity contribution in [2.24, 2.45) is 5.92 Å². The summed E-state index contributed by atoms with van der Waals surface area (Å²) in [5.74, 6) is 0.518. The second kappa shape index (κ2) is 6.35. The van der Waals surface area contributed by atoms with E-state index in [9.17, 15) is 0 Å². The van der Waals surface area contributed by atoms with Gasteiger partial charge in [-0.3, -0.25) is 0 Å². The Morgan fingerprint density at radius 2 is 2.00 bits per heavy atom. The molecule has 0 spiro atoms. The number of fused-ring (bicyclic) bond motifs is 1. The first-order valence-electron chi connectivity index (χ1n) is 7.72. The molecular formula is C18H22ClNO. The summed E-state index contributed by atoms with van der Waals surface area (Å²) in [7, 11) is 2.04. The molecule has 2 nitrogen and oxygen atoms in total. The molecule has 3 atom stereocenters. The zero-order chi connectivity index (χ0) is 14.8. The molecule has 3 rings (SSSR count). The van der Waals surface area contributed by atoms with Gasteiger partial charge in [0.15, 0.2) is 0 Å². The fourth-order valence-electron chi connectivity index (χ4n) is 3.62. The number of ether oxygens (including phenoxy) is 1. The van der Waals surface area contributed by atoms with Gasteiger partial charge in [-0.15, -0.1) is 0 Å². The van der Waals surface area contributed by atoms with Gasteiger partial charge in [0, 0.05) is 29.0 Å². The van der Waals surface area contributed by atoms with Crippen LogP contribution in [0.5, 0.6) is 0 Å². The van der Waals surface area contributed by atoms with E-state index in [1.165, 1.54) is 10.9 Å². The van der Waals surface area contributed by atoms with Crippen molar-refractivity contribution in [3.8, 4) is 0 Å². The maximum absolute atomic E-state index is 6.35. The van der Waals surface area contributed by atoms with Gasteiger partial charge in [-0.25, -0.2) is 0 Å². The normalized spacial score (nSPS) is 23.6. The van der Waals surface area contributed by atoms with E-state index < -0.39 is 0 Å². The van der Waals surface area contributed by atoms with Crippen LogP contribution in [0.4, 0.5) is 0 Å². The van der Waals surface area contributed by atoms with Gasteiger partial charge in [-0.05, 0) is 36.9 Å². The highest BCUT2D eigenvalue weighted by atomic mass is 35.5. The highest BCUT2D eigenvalue weighted by Crippen LogP contribution is 2.38. The monoisotopic (exact) mass is 303 g/mol. The third kappa shape index (κ3) is 2.68. The van der Waals surface area contributed by atoms with Crippen molar-refractivity contribution in [1.29, 1.82) is 0 Å². The van der Waals surface area contributed by atoms with Crippen LogP contribution in [0.1, 0.15) is 31.4 Å². The lowest BCUT2D eigenvalue weighted by Gasteiger charge is -2.28. The fourth-order valence-corrected chi connectivity index (χ4v) is 3.85. The number of rotatable bonds is 4. The maximum atomic E-state index is 6.35. The molecule has 1 aliphatic heterocycles. The summed E-state index contributed by atoms with van der Waals surface area (Å²) >= 11 is 6.35. The molecule has 0 aliphatic carbocycles. The molecule has 1 fully saturated rings. The Bertz CT molecular complexity index is 628. The largest absolute Gasteiger partial charge is 0.378 e. The van der Waals surface area contributed by atoms with E-state index in [2.05, 4.69) is 36.5 Å². The van der Waals surface area contributed by atoms with Crippen LogP contribution in [0.3, 0.4) is 0 Å². The number of hydrogen-bond acceptors (Lipinski definition) is 2. The molecule has 0 amide bonds. The first kappa shape index (κ1) is 14.8. The van der Waals surface area contributed by atoms with Crippen molar-refractivity contribution >= 4 is 22.4 Å². The van der Waals surface area contributed by atoms with Crippen molar-refractivity contribution in [3.05, 3.63) is 47.0 Å². The number of hydrogen-bond donors (Lipinski definition) is 1. The van der Waals surface area contributed by atoms with Crippen LogP contribution >= 0.6 is 11.6 Å². The topological polar surface area (TPSA) is 21.3 Å². The Morgan fingerprint density at radius 3 is 2.71 bits per heavy atom. The molecule has 3 heteroatoms. The molecule has 0 radical (unpaired) electrons. The van der Waals surface area contributed by atoms with Gasteiger partial charge in [-0.2, -0.15) is 0 Å². The molecule has 0 bridgehead atoms. The predicted molar refractivity (Wildman–Crippen MR) is 88.9 cm³/mol. The van der Waals surface area contributed by atoms with Gasteiger partial charge in [0.05, 0.1) is 6.10 Å². The first-order valence-corrected chi connectivity index (χ1v) is 8.10. The summed E-state index contributed by atoms with van der Waals surface area (Å²) in [4.78, 5) is 0. The average Bonchev–Trinajstić information content (AvgIpc) is 2.99. The molecule has 3 unspecified atom stereocenters. The van der Waals surface area contributed by atoms with Crippen LogP contribution in [-0.4, -0.2) is 19.8 Å². The minimum absolute atomic E-state index is 0.305. The van der Waals surface area contributed by atoms with Crippen molar-refractivity contribution in [2.75, 3.05) is 13.7 Å². The van der Waals surface area contributed by atoms with Crippen LogP contribution in [0.2, 0.25) is 5.02 Å². The van der Waals surface area contributed by atoms with Gasteiger partial charge < -0.3 is 10.1 Å². The third-order valence-corrected chi connectivity index (χ3v) is 4.97. The molecule has 2 aromatic carbocycles. The van der Waals surface area contributed by atoms with E-state index in [-0.39, 0.29) is 0 Å². The number of nitrogens with one attached hydrogen (secondary N) is 1. The van der Waals surface area contributed by atoms with E-state index in [0.717, 1.165) is 29.9 Å². The zero-order valence-corrected chi connectivity index (χ0v) is 13.4. The molecule has 21 heavy (non-hydrogen) atoms. The summed E-state index contributed by atoms with van der Waals surface area (Å²) in [6.07, 6.45) is 2.52. The van der Waals surface area contributed by atoms with Gasteiger partial charge in [0.2, 0.25) is 0 Å². The molecule has 1 aliphatic rings. The molecule has 112 valence electrons. The van der Waals surface area contributed by atoms with Gasteiger partial charge in [-0.1, -0.05) is 48.9 Å². The second-order valence-electron chi connectivity index (χ2n) is 5.72. The molecule has 0 aromatic heterocycles. The average molecular weight is 304 g/mol. The van der Waals surface area contributed by atoms with E-state index in [4.69, 9.17) is 16.3 Å². The lowest BCUT2D eigenvalue weighted by atomic mass is 9.85. The summed E-state index contributed by atoms with van der Waals surface area (Å²) < 4.78 is 5.89. The molecule has 1 N–H and O–H groups in total. The number of benzene rings is 2. The molecule has 2 aromatic rings. The van der Waals surface area contributed by atoms with Crippen molar-refractivity contribution < 1.29 is 4.74 Å². The van der Waals surface area contributed by atoms with Crippen LogP contribution in [0.25, 0.3) is 10.8 Å². The van der Waals surface area contributed by atoms with Crippen LogP contribution in [-0.2, 0) is 4.74 Å². The third-order valence-electron chi connectivity index (χ3n) is 4.64. The summed E-state index contributed by atoms with van der Waals surface area (Å²) in [5, 5.41) is 6.70. The highest BCUT2D eigenvalue weighted by molar-refractivity contribution is 6.35. The molecule has 0 saturated carbocycles. The molecule has 1 heterocycles. The quantitative estimate of drug-likeness (QED) is 0.893. The van der Waals surface area contributed by atoms with Crippen molar-refractivity contribution in [2.45, 2.75) is 31.9 Å². The van der Waals surface area contributed by atoms with Gasteiger partial charge in [0.1, 0.15) is 0 Å². The SMILES string of the molecule is CCC1OCCC1C(NC)c1ccc(Cl)c2ccccc12. The Balaban J connectivity index is 2.07. The number of halogens is 1. The zero-order valence-electron chi connectivity index (χ0n) is 12.6. The predicted octanol–water partition coefficient (Wildman–Crippen LogP) is 4.57. The Labute approximate surface area is 131 Å². The first-order chi connectivity index (χ1) is 10.3.